The van der Waals surface area contributed by atoms with Gasteiger partial charge in [0.2, 0.25) is 11.8 Å². The maximum atomic E-state index is 12.2. The molecule has 2 amide bonds. The number of aromatic nitrogens is 3. The summed E-state index contributed by atoms with van der Waals surface area (Å²) in [6.07, 6.45) is 2.15. The van der Waals surface area contributed by atoms with Crippen LogP contribution in [0.25, 0.3) is 0 Å². The number of amides is 2. The largest absolute Gasteiger partial charge is 0.467 e. The maximum Gasteiger partial charge on any atom is 0.230 e. The second kappa shape index (κ2) is 9.92. The number of thioether (sulfide) groups is 1. The van der Waals surface area contributed by atoms with Crippen molar-refractivity contribution in [3.63, 3.8) is 0 Å². The molecule has 8 nitrogen and oxygen atoms in total. The molecular weight excluding hydrogens is 390 g/mol. The number of hydrogen-bond donors (Lipinski definition) is 2. The minimum absolute atomic E-state index is 0.0955. The minimum Gasteiger partial charge on any atom is -0.467 e. The van der Waals surface area contributed by atoms with Crippen molar-refractivity contribution in [2.24, 2.45) is 5.73 Å². The molecule has 0 aliphatic rings. The maximum absolute atomic E-state index is 12.2. The number of furan rings is 1. The molecule has 1 aromatic carbocycles. The summed E-state index contributed by atoms with van der Waals surface area (Å²) in [5.41, 5.74) is 7.47. The van der Waals surface area contributed by atoms with Crippen LogP contribution < -0.4 is 11.1 Å². The zero-order chi connectivity index (χ0) is 20.6. The summed E-state index contributed by atoms with van der Waals surface area (Å²) in [6.45, 7) is 2.92. The molecule has 2 heterocycles. The number of carbonyl (C=O) groups is 2. The van der Waals surface area contributed by atoms with Crippen LogP contribution in [0.2, 0.25) is 0 Å². The van der Waals surface area contributed by atoms with Crippen molar-refractivity contribution in [2.45, 2.75) is 38.0 Å². The van der Waals surface area contributed by atoms with E-state index in [0.29, 0.717) is 30.5 Å². The van der Waals surface area contributed by atoms with E-state index in [-0.39, 0.29) is 18.1 Å². The number of rotatable bonds is 10. The summed E-state index contributed by atoms with van der Waals surface area (Å²) in [7, 11) is 0. The molecule has 0 radical (unpaired) electrons. The molecule has 0 unspecified atom stereocenters. The first-order chi connectivity index (χ1) is 14.0. The zero-order valence-electron chi connectivity index (χ0n) is 16.1. The van der Waals surface area contributed by atoms with Crippen LogP contribution in [0.5, 0.6) is 0 Å². The number of primary amides is 1. The van der Waals surface area contributed by atoms with Crippen LogP contribution in [-0.2, 0) is 29.1 Å². The molecule has 3 N–H and O–H groups in total. The number of aryl methyl sites for hydroxylation is 2. The zero-order valence-corrected chi connectivity index (χ0v) is 16.9. The molecule has 9 heteroatoms. The van der Waals surface area contributed by atoms with Crippen molar-refractivity contribution in [3.05, 3.63) is 65.4 Å². The van der Waals surface area contributed by atoms with Crippen LogP contribution in [0, 0.1) is 6.92 Å². The molecule has 29 heavy (non-hydrogen) atoms. The summed E-state index contributed by atoms with van der Waals surface area (Å²) >= 11 is 1.29. The molecule has 0 aliphatic heterocycles. The fourth-order valence-electron chi connectivity index (χ4n) is 2.65. The van der Waals surface area contributed by atoms with Crippen LogP contribution >= 0.6 is 11.8 Å². The third-order valence-electron chi connectivity index (χ3n) is 4.23. The fourth-order valence-corrected chi connectivity index (χ4v) is 3.44. The Morgan fingerprint density at radius 3 is 2.69 bits per heavy atom. The molecule has 0 aliphatic carbocycles. The molecule has 152 valence electrons. The van der Waals surface area contributed by atoms with Gasteiger partial charge in [-0.3, -0.25) is 14.2 Å². The lowest BCUT2D eigenvalue weighted by molar-refractivity contribution is -0.119. The first kappa shape index (κ1) is 20.7. The van der Waals surface area contributed by atoms with Gasteiger partial charge in [-0.05, 0) is 24.6 Å². The normalized spacial score (nSPS) is 10.8. The van der Waals surface area contributed by atoms with E-state index < -0.39 is 5.91 Å². The Kier molecular flexibility index (Phi) is 7.07. The summed E-state index contributed by atoms with van der Waals surface area (Å²) < 4.78 is 7.25. The lowest BCUT2D eigenvalue weighted by Crippen LogP contribution is -2.24. The average Bonchev–Trinajstić information content (AvgIpc) is 3.35. The van der Waals surface area contributed by atoms with Crippen LogP contribution in [-0.4, -0.2) is 32.3 Å². The van der Waals surface area contributed by atoms with E-state index in [4.69, 9.17) is 10.2 Å². The second-order valence-corrected chi connectivity index (χ2v) is 7.52. The van der Waals surface area contributed by atoms with E-state index >= 15 is 0 Å². The molecule has 0 fully saturated rings. The number of nitrogens with zero attached hydrogens (tertiary/aromatic N) is 3. The molecule has 3 aromatic rings. The predicted molar refractivity (Wildman–Crippen MR) is 109 cm³/mol. The second-order valence-electron chi connectivity index (χ2n) is 6.58. The van der Waals surface area contributed by atoms with E-state index in [0.717, 1.165) is 11.3 Å². The van der Waals surface area contributed by atoms with Crippen molar-refractivity contribution >= 4 is 23.6 Å². The van der Waals surface area contributed by atoms with Gasteiger partial charge in [0.1, 0.15) is 11.6 Å². The number of nitrogens with two attached hydrogens (primary N) is 1. The van der Waals surface area contributed by atoms with E-state index in [1.165, 1.54) is 17.3 Å². The molecule has 0 saturated carbocycles. The van der Waals surface area contributed by atoms with Gasteiger partial charge in [0, 0.05) is 19.4 Å². The standard InChI is InChI=1S/C20H23N5O3S/c1-14-4-6-15(7-5-14)11-22-19(27)13-29-20-24-23-18(9-8-17(21)26)25(20)12-16-3-2-10-28-16/h2-7,10H,8-9,11-13H2,1H3,(H2,21,26)(H,22,27). The molecule has 0 spiro atoms. The van der Waals surface area contributed by atoms with Crippen molar-refractivity contribution in [1.82, 2.24) is 20.1 Å². The van der Waals surface area contributed by atoms with E-state index in [1.54, 1.807) is 12.3 Å². The SMILES string of the molecule is Cc1ccc(CNC(=O)CSc2nnc(CCC(N)=O)n2Cc2ccco2)cc1. The van der Waals surface area contributed by atoms with Crippen LogP contribution in [0.1, 0.15) is 29.1 Å². The van der Waals surface area contributed by atoms with Crippen molar-refractivity contribution in [1.29, 1.82) is 0 Å². The Labute approximate surface area is 172 Å². The topological polar surface area (TPSA) is 116 Å². The van der Waals surface area contributed by atoms with E-state index in [9.17, 15) is 9.59 Å². The predicted octanol–water partition coefficient (Wildman–Crippen LogP) is 2.05. The van der Waals surface area contributed by atoms with Gasteiger partial charge in [-0.15, -0.1) is 10.2 Å². The number of hydrogen-bond acceptors (Lipinski definition) is 6. The highest BCUT2D eigenvalue weighted by atomic mass is 32.2. The highest BCUT2D eigenvalue weighted by molar-refractivity contribution is 7.99. The summed E-state index contributed by atoms with van der Waals surface area (Å²) in [5.74, 6) is 1.07. The molecule has 0 bridgehead atoms. The Morgan fingerprint density at radius 2 is 2.00 bits per heavy atom. The van der Waals surface area contributed by atoms with Gasteiger partial charge in [0.15, 0.2) is 5.16 Å². The van der Waals surface area contributed by atoms with Gasteiger partial charge < -0.3 is 15.5 Å². The number of carbonyl (C=O) groups excluding carboxylic acids is 2. The molecule has 3 rings (SSSR count). The monoisotopic (exact) mass is 413 g/mol. The van der Waals surface area contributed by atoms with Gasteiger partial charge in [-0.25, -0.2) is 0 Å². The highest BCUT2D eigenvalue weighted by Gasteiger charge is 2.16. The summed E-state index contributed by atoms with van der Waals surface area (Å²) in [6, 6.07) is 11.7. The van der Waals surface area contributed by atoms with Gasteiger partial charge in [0.25, 0.3) is 0 Å². The smallest absolute Gasteiger partial charge is 0.230 e. The average molecular weight is 414 g/mol. The highest BCUT2D eigenvalue weighted by Crippen LogP contribution is 2.20. The molecule has 0 saturated heterocycles. The lowest BCUT2D eigenvalue weighted by Gasteiger charge is -2.09. The van der Waals surface area contributed by atoms with Gasteiger partial charge in [-0.2, -0.15) is 0 Å². The third-order valence-corrected chi connectivity index (χ3v) is 5.19. The molecular formula is C20H23N5O3S. The summed E-state index contributed by atoms with van der Waals surface area (Å²) in [5, 5.41) is 11.8. The Bertz CT molecular complexity index is 951. The van der Waals surface area contributed by atoms with Crippen molar-refractivity contribution < 1.29 is 14.0 Å². The van der Waals surface area contributed by atoms with E-state index in [1.807, 2.05) is 41.8 Å². The first-order valence-electron chi connectivity index (χ1n) is 9.19. The Morgan fingerprint density at radius 1 is 1.21 bits per heavy atom. The number of benzene rings is 1. The van der Waals surface area contributed by atoms with Crippen molar-refractivity contribution in [2.75, 3.05) is 5.75 Å². The van der Waals surface area contributed by atoms with Crippen LogP contribution in [0.3, 0.4) is 0 Å². The van der Waals surface area contributed by atoms with Gasteiger partial charge in [0.05, 0.1) is 18.6 Å². The Hall–Kier alpha value is -3.07. The van der Waals surface area contributed by atoms with Crippen molar-refractivity contribution in [3.8, 4) is 0 Å². The fraction of sp³-hybridized carbons (Fsp3) is 0.300. The first-order valence-corrected chi connectivity index (χ1v) is 10.2. The summed E-state index contributed by atoms with van der Waals surface area (Å²) in [4.78, 5) is 23.4. The van der Waals surface area contributed by atoms with E-state index in [2.05, 4.69) is 15.5 Å². The molecule has 0 atom stereocenters. The lowest BCUT2D eigenvalue weighted by atomic mass is 10.1. The number of nitrogens with one attached hydrogen (secondary N) is 1. The third kappa shape index (κ3) is 6.21. The van der Waals surface area contributed by atoms with Crippen LogP contribution in [0.15, 0.2) is 52.2 Å². The molecule has 2 aromatic heterocycles. The Balaban J connectivity index is 1.60. The van der Waals surface area contributed by atoms with Crippen LogP contribution in [0.4, 0.5) is 0 Å². The minimum atomic E-state index is -0.401. The van der Waals surface area contributed by atoms with Gasteiger partial charge in [-0.1, -0.05) is 41.6 Å². The van der Waals surface area contributed by atoms with Gasteiger partial charge >= 0.3 is 0 Å². The quantitative estimate of drug-likeness (QED) is 0.492.